The predicted molar refractivity (Wildman–Crippen MR) is 71.6 cm³/mol. The van der Waals surface area contributed by atoms with Gasteiger partial charge in [-0.1, -0.05) is 24.3 Å². The third-order valence-electron chi connectivity index (χ3n) is 3.42. The first-order valence-corrected chi connectivity index (χ1v) is 6.20. The van der Waals surface area contributed by atoms with Gasteiger partial charge in [-0.15, -0.1) is 0 Å². The van der Waals surface area contributed by atoms with E-state index in [4.69, 9.17) is 0 Å². The highest BCUT2D eigenvalue weighted by atomic mass is 16.2. The SMILES string of the molecule is Cc1cc(C2C(=O)c3ccccc3C2=O)cc(C)n1. The topological polar surface area (TPSA) is 47.0 Å². The normalized spacial score (nSPS) is 14.8. The maximum Gasteiger partial charge on any atom is 0.178 e. The van der Waals surface area contributed by atoms with Gasteiger partial charge in [0.05, 0.1) is 0 Å². The van der Waals surface area contributed by atoms with E-state index >= 15 is 0 Å². The zero-order chi connectivity index (χ0) is 13.6. The van der Waals surface area contributed by atoms with Crippen molar-refractivity contribution in [2.45, 2.75) is 19.8 Å². The van der Waals surface area contributed by atoms with Gasteiger partial charge in [0, 0.05) is 22.5 Å². The number of fused-ring (bicyclic) bond motifs is 1. The first kappa shape index (κ1) is 11.8. The lowest BCUT2D eigenvalue weighted by atomic mass is 9.94. The lowest BCUT2D eigenvalue weighted by molar-refractivity contribution is 0.0890. The molecule has 0 radical (unpaired) electrons. The van der Waals surface area contributed by atoms with E-state index in [1.54, 1.807) is 24.3 Å². The molecule has 0 spiro atoms. The first-order valence-electron chi connectivity index (χ1n) is 6.20. The van der Waals surface area contributed by atoms with Crippen LogP contribution in [0.25, 0.3) is 0 Å². The van der Waals surface area contributed by atoms with Gasteiger partial charge in [0.2, 0.25) is 0 Å². The van der Waals surface area contributed by atoms with Crippen LogP contribution in [0.2, 0.25) is 0 Å². The molecule has 3 rings (SSSR count). The molecule has 0 saturated carbocycles. The number of pyridine rings is 1. The van der Waals surface area contributed by atoms with Crippen LogP contribution >= 0.6 is 0 Å². The molecule has 0 bridgehead atoms. The van der Waals surface area contributed by atoms with Crippen molar-refractivity contribution in [3.63, 3.8) is 0 Å². The summed E-state index contributed by atoms with van der Waals surface area (Å²) in [6, 6.07) is 10.6. The van der Waals surface area contributed by atoms with Crippen LogP contribution in [0.4, 0.5) is 0 Å². The molecular weight excluding hydrogens is 238 g/mol. The van der Waals surface area contributed by atoms with Gasteiger partial charge in [0.1, 0.15) is 5.92 Å². The summed E-state index contributed by atoms with van der Waals surface area (Å²) in [5.41, 5.74) is 3.46. The van der Waals surface area contributed by atoms with E-state index in [1.165, 1.54) is 0 Å². The molecule has 1 aromatic carbocycles. The van der Waals surface area contributed by atoms with Gasteiger partial charge in [0.15, 0.2) is 11.6 Å². The number of hydrogen-bond acceptors (Lipinski definition) is 3. The van der Waals surface area contributed by atoms with Crippen molar-refractivity contribution >= 4 is 11.6 Å². The van der Waals surface area contributed by atoms with Crippen molar-refractivity contribution in [3.8, 4) is 0 Å². The average molecular weight is 251 g/mol. The fourth-order valence-electron chi connectivity index (χ4n) is 2.68. The molecule has 0 unspecified atom stereocenters. The van der Waals surface area contributed by atoms with E-state index < -0.39 is 5.92 Å². The quantitative estimate of drug-likeness (QED) is 0.732. The zero-order valence-corrected chi connectivity index (χ0v) is 10.8. The lowest BCUT2D eigenvalue weighted by Gasteiger charge is -2.09. The summed E-state index contributed by atoms with van der Waals surface area (Å²) in [5, 5.41) is 0. The van der Waals surface area contributed by atoms with Gasteiger partial charge in [-0.25, -0.2) is 0 Å². The fourth-order valence-corrected chi connectivity index (χ4v) is 2.68. The molecule has 0 atom stereocenters. The van der Waals surface area contributed by atoms with Crippen LogP contribution in [-0.4, -0.2) is 16.6 Å². The lowest BCUT2D eigenvalue weighted by Crippen LogP contribution is -2.13. The molecule has 94 valence electrons. The second kappa shape index (κ2) is 4.12. The minimum Gasteiger partial charge on any atom is -0.293 e. The molecule has 0 fully saturated rings. The van der Waals surface area contributed by atoms with Crippen molar-refractivity contribution in [2.24, 2.45) is 0 Å². The van der Waals surface area contributed by atoms with Crippen LogP contribution in [-0.2, 0) is 0 Å². The Hall–Kier alpha value is -2.29. The summed E-state index contributed by atoms with van der Waals surface area (Å²) in [5.74, 6) is -0.908. The molecule has 1 aromatic heterocycles. The summed E-state index contributed by atoms with van der Waals surface area (Å²) in [6.07, 6.45) is 0. The summed E-state index contributed by atoms with van der Waals surface area (Å²) in [6.45, 7) is 3.74. The van der Waals surface area contributed by atoms with Crippen molar-refractivity contribution in [2.75, 3.05) is 0 Å². The van der Waals surface area contributed by atoms with Gasteiger partial charge in [-0.2, -0.15) is 0 Å². The molecule has 0 aliphatic heterocycles. The van der Waals surface area contributed by atoms with Crippen molar-refractivity contribution in [1.82, 2.24) is 4.98 Å². The number of hydrogen-bond donors (Lipinski definition) is 0. The Balaban J connectivity index is 2.14. The highest BCUT2D eigenvalue weighted by molar-refractivity contribution is 6.29. The standard InChI is InChI=1S/C16H13NO2/c1-9-7-11(8-10(2)17-9)14-15(18)12-5-3-4-6-13(12)16(14)19/h3-8,14H,1-2H3. The molecule has 0 N–H and O–H groups in total. The number of aryl methyl sites for hydroxylation is 2. The van der Waals surface area contributed by atoms with Crippen molar-refractivity contribution in [3.05, 3.63) is 64.5 Å². The molecule has 19 heavy (non-hydrogen) atoms. The number of benzene rings is 1. The molecule has 1 aliphatic carbocycles. The molecule has 0 amide bonds. The van der Waals surface area contributed by atoms with E-state index in [9.17, 15) is 9.59 Å². The summed E-state index contributed by atoms with van der Waals surface area (Å²) < 4.78 is 0. The van der Waals surface area contributed by atoms with Crippen molar-refractivity contribution in [1.29, 1.82) is 0 Å². The van der Waals surface area contributed by atoms with Crippen LogP contribution < -0.4 is 0 Å². The van der Waals surface area contributed by atoms with Crippen LogP contribution in [0.15, 0.2) is 36.4 Å². The van der Waals surface area contributed by atoms with E-state index in [0.29, 0.717) is 11.1 Å². The fraction of sp³-hybridized carbons (Fsp3) is 0.188. The van der Waals surface area contributed by atoms with Gasteiger partial charge in [-0.05, 0) is 31.5 Å². The molecule has 3 heteroatoms. The highest BCUT2D eigenvalue weighted by Gasteiger charge is 2.39. The van der Waals surface area contributed by atoms with Crippen LogP contribution in [0.1, 0.15) is 43.6 Å². The Kier molecular flexibility index (Phi) is 2.56. The zero-order valence-electron chi connectivity index (χ0n) is 10.8. The third-order valence-corrected chi connectivity index (χ3v) is 3.42. The van der Waals surface area contributed by atoms with E-state index in [-0.39, 0.29) is 11.6 Å². The maximum atomic E-state index is 12.4. The second-order valence-electron chi connectivity index (χ2n) is 4.89. The molecule has 3 nitrogen and oxygen atoms in total. The number of nitrogens with zero attached hydrogens (tertiary/aromatic N) is 1. The number of carbonyl (C=O) groups is 2. The molecule has 2 aromatic rings. The molecule has 1 heterocycles. The summed E-state index contributed by atoms with van der Waals surface area (Å²) in [7, 11) is 0. The van der Waals surface area contributed by atoms with Crippen LogP contribution in [0.5, 0.6) is 0 Å². The van der Waals surface area contributed by atoms with Crippen LogP contribution in [0, 0.1) is 13.8 Å². The Morgan fingerprint density at radius 2 is 1.37 bits per heavy atom. The predicted octanol–water partition coefficient (Wildman–Crippen LogP) is 2.86. The van der Waals surface area contributed by atoms with Crippen LogP contribution in [0.3, 0.4) is 0 Å². The van der Waals surface area contributed by atoms with Gasteiger partial charge in [0.25, 0.3) is 0 Å². The minimum absolute atomic E-state index is 0.106. The number of carbonyl (C=O) groups excluding carboxylic acids is 2. The van der Waals surface area contributed by atoms with E-state index in [2.05, 4.69) is 4.98 Å². The van der Waals surface area contributed by atoms with Gasteiger partial charge in [-0.3, -0.25) is 14.6 Å². The number of aromatic nitrogens is 1. The molecular formula is C16H13NO2. The molecule has 0 saturated heterocycles. The van der Waals surface area contributed by atoms with E-state index in [1.807, 2.05) is 26.0 Å². The summed E-state index contributed by atoms with van der Waals surface area (Å²) in [4.78, 5) is 29.1. The second-order valence-corrected chi connectivity index (χ2v) is 4.89. The Labute approximate surface area is 111 Å². The number of ketones is 2. The maximum absolute atomic E-state index is 12.4. The first-order chi connectivity index (χ1) is 9.08. The Morgan fingerprint density at radius 1 is 0.895 bits per heavy atom. The van der Waals surface area contributed by atoms with Gasteiger partial charge < -0.3 is 0 Å². The number of Topliss-reactive ketones (excluding diaryl/α,β-unsaturated/α-hetero) is 2. The average Bonchev–Trinajstić information content (AvgIpc) is 2.61. The smallest absolute Gasteiger partial charge is 0.178 e. The Morgan fingerprint density at radius 3 is 1.84 bits per heavy atom. The monoisotopic (exact) mass is 251 g/mol. The molecule has 1 aliphatic rings. The van der Waals surface area contributed by atoms with Crippen molar-refractivity contribution < 1.29 is 9.59 Å². The number of rotatable bonds is 1. The largest absolute Gasteiger partial charge is 0.293 e. The minimum atomic E-state index is -0.696. The summed E-state index contributed by atoms with van der Waals surface area (Å²) >= 11 is 0. The van der Waals surface area contributed by atoms with E-state index in [0.717, 1.165) is 17.0 Å². The highest BCUT2D eigenvalue weighted by Crippen LogP contribution is 2.34. The Bertz CT molecular complexity index is 648. The third kappa shape index (κ3) is 1.78. The van der Waals surface area contributed by atoms with Gasteiger partial charge >= 0.3 is 0 Å².